The van der Waals surface area contributed by atoms with Crippen molar-refractivity contribution < 1.29 is 110 Å². The van der Waals surface area contributed by atoms with Crippen LogP contribution in [0, 0.1) is 0 Å². The Hall–Kier alpha value is -3.92. The molecule has 28 nitrogen and oxygen atoms in total. The van der Waals surface area contributed by atoms with E-state index in [1.165, 1.54) is 12.2 Å². The molecule has 1 aliphatic heterocycles. The minimum atomic E-state index is -0.900. The molecule has 28 heteroatoms. The summed E-state index contributed by atoms with van der Waals surface area (Å²) in [5.74, 6) is -2.34. The summed E-state index contributed by atoms with van der Waals surface area (Å²) in [5.41, 5.74) is 5.99. The van der Waals surface area contributed by atoms with Crippen LogP contribution in [0.5, 0.6) is 0 Å². The maximum absolute atomic E-state index is 12.2. The molecule has 6 N–H and O–H groups in total. The Morgan fingerprint density at radius 2 is 0.658 bits per heavy atom. The van der Waals surface area contributed by atoms with Crippen LogP contribution in [0.3, 0.4) is 0 Å². The molecule has 1 heterocycles. The largest absolute Gasteiger partial charge is 0.481 e. The SMILES string of the molecule is N[C@@H](CCCCNC(=O)CCOCCOCCOCCOCCOCCOCCOCCOCCOCCOCCOCCOCCNC(=O)CCN1C(=O)C=CC1=O)C(=O)NCCOCCOCCOCCOCCC(=O)O. The third-order valence-electron chi connectivity index (χ3n) is 10.3. The smallest absolute Gasteiger partial charge is 0.305 e. The highest BCUT2D eigenvalue weighted by Crippen LogP contribution is 2.04. The third kappa shape index (κ3) is 51.9. The molecule has 0 aliphatic carbocycles. The highest BCUT2D eigenvalue weighted by molar-refractivity contribution is 6.13. The molecule has 0 radical (unpaired) electrons. The van der Waals surface area contributed by atoms with E-state index in [-0.39, 0.29) is 56.7 Å². The van der Waals surface area contributed by atoms with Gasteiger partial charge in [-0.3, -0.25) is 33.7 Å². The van der Waals surface area contributed by atoms with Crippen molar-refractivity contribution in [2.45, 2.75) is 44.6 Å². The summed E-state index contributed by atoms with van der Waals surface area (Å²) in [7, 11) is 0. The number of nitrogens with two attached hydrogens (primary N) is 1. The van der Waals surface area contributed by atoms with Crippen molar-refractivity contribution >= 4 is 35.5 Å². The number of rotatable bonds is 63. The number of nitrogens with zero attached hydrogens (tertiary/aromatic N) is 1. The molecule has 0 bridgehead atoms. The van der Waals surface area contributed by atoms with Crippen LogP contribution in [0.25, 0.3) is 0 Å². The van der Waals surface area contributed by atoms with E-state index in [1.807, 2.05) is 0 Å². The van der Waals surface area contributed by atoms with Crippen LogP contribution in [0.4, 0.5) is 0 Å². The Labute approximate surface area is 465 Å². The van der Waals surface area contributed by atoms with Gasteiger partial charge in [-0.2, -0.15) is 0 Å². The van der Waals surface area contributed by atoms with Crippen molar-refractivity contribution in [1.29, 1.82) is 0 Å². The molecule has 0 aromatic rings. The zero-order chi connectivity index (χ0) is 57.2. The van der Waals surface area contributed by atoms with E-state index in [0.29, 0.717) is 237 Å². The zero-order valence-electron chi connectivity index (χ0n) is 46.4. The number of nitrogens with one attached hydrogen (secondary N) is 3. The highest BCUT2D eigenvalue weighted by atomic mass is 16.6. The minimum absolute atomic E-state index is 0.0329. The van der Waals surface area contributed by atoms with Crippen molar-refractivity contribution in [2.24, 2.45) is 5.73 Å². The number of carboxylic acid groups (broad SMARTS) is 1. The highest BCUT2D eigenvalue weighted by Gasteiger charge is 2.23. The number of ether oxygens (including phenoxy) is 16. The predicted molar refractivity (Wildman–Crippen MR) is 281 cm³/mol. The summed E-state index contributed by atoms with van der Waals surface area (Å²) >= 11 is 0. The van der Waals surface area contributed by atoms with Crippen molar-refractivity contribution in [2.75, 3.05) is 238 Å². The maximum Gasteiger partial charge on any atom is 0.305 e. The van der Waals surface area contributed by atoms with Crippen LogP contribution < -0.4 is 21.7 Å². The van der Waals surface area contributed by atoms with Crippen LogP contribution in [0.1, 0.15) is 38.5 Å². The third-order valence-corrected chi connectivity index (χ3v) is 10.3. The first-order valence-electron chi connectivity index (χ1n) is 27.3. The molecule has 0 spiro atoms. The molecule has 0 unspecified atom stereocenters. The molecular formula is C51H93N5O23. The minimum Gasteiger partial charge on any atom is -0.481 e. The van der Waals surface area contributed by atoms with E-state index < -0.39 is 23.8 Å². The van der Waals surface area contributed by atoms with Gasteiger partial charge in [0, 0.05) is 51.2 Å². The van der Waals surface area contributed by atoms with Gasteiger partial charge in [0.2, 0.25) is 17.7 Å². The molecule has 1 atom stereocenters. The molecule has 460 valence electrons. The summed E-state index contributed by atoms with van der Waals surface area (Å²) in [6.07, 6.45) is 4.50. The molecule has 0 fully saturated rings. The van der Waals surface area contributed by atoms with Gasteiger partial charge in [-0.25, -0.2) is 0 Å². The molecule has 0 saturated carbocycles. The van der Waals surface area contributed by atoms with E-state index in [1.54, 1.807) is 0 Å². The molecule has 0 aromatic heterocycles. The number of carbonyl (C=O) groups excluding carboxylic acids is 5. The summed E-state index contributed by atoms with van der Waals surface area (Å²) in [5, 5.41) is 16.8. The van der Waals surface area contributed by atoms with Crippen molar-refractivity contribution in [3.63, 3.8) is 0 Å². The van der Waals surface area contributed by atoms with Crippen molar-refractivity contribution in [1.82, 2.24) is 20.9 Å². The number of hydrogen-bond donors (Lipinski definition) is 5. The Kier molecular flexibility index (Phi) is 53.0. The van der Waals surface area contributed by atoms with Crippen LogP contribution >= 0.6 is 0 Å². The van der Waals surface area contributed by atoms with Gasteiger partial charge in [-0.1, -0.05) is 0 Å². The second-order valence-electron chi connectivity index (χ2n) is 16.7. The number of amides is 5. The van der Waals surface area contributed by atoms with Crippen LogP contribution in [-0.2, 0) is 105 Å². The van der Waals surface area contributed by atoms with Gasteiger partial charge in [0.25, 0.3) is 11.8 Å². The van der Waals surface area contributed by atoms with Gasteiger partial charge in [-0.05, 0) is 19.3 Å². The monoisotopic (exact) mass is 1140 g/mol. The summed E-state index contributed by atoms with van der Waals surface area (Å²) in [6.45, 7) is 14.0. The Morgan fingerprint density at radius 1 is 0.380 bits per heavy atom. The fraction of sp³-hybridized carbons (Fsp3) is 0.843. The van der Waals surface area contributed by atoms with E-state index in [9.17, 15) is 28.8 Å². The molecular weight excluding hydrogens is 1050 g/mol. The maximum atomic E-state index is 12.2. The summed E-state index contributed by atoms with van der Waals surface area (Å²) in [6, 6.07) is -0.641. The van der Waals surface area contributed by atoms with E-state index >= 15 is 0 Å². The Balaban J connectivity index is 1.67. The van der Waals surface area contributed by atoms with Gasteiger partial charge in [-0.15, -0.1) is 0 Å². The molecule has 1 rings (SSSR count). The predicted octanol–water partition coefficient (Wildman–Crippen LogP) is -1.72. The lowest BCUT2D eigenvalue weighted by Gasteiger charge is -2.13. The normalized spacial score (nSPS) is 12.7. The lowest BCUT2D eigenvalue weighted by Crippen LogP contribution is -2.41. The second-order valence-corrected chi connectivity index (χ2v) is 16.7. The van der Waals surface area contributed by atoms with Gasteiger partial charge in [0.15, 0.2) is 0 Å². The van der Waals surface area contributed by atoms with E-state index in [4.69, 9.17) is 86.6 Å². The number of carbonyl (C=O) groups is 6. The lowest BCUT2D eigenvalue weighted by atomic mass is 10.1. The number of carboxylic acids is 1. The van der Waals surface area contributed by atoms with Crippen LogP contribution in [0.15, 0.2) is 12.2 Å². The quantitative estimate of drug-likeness (QED) is 0.0334. The fourth-order valence-electron chi connectivity index (χ4n) is 6.14. The average Bonchev–Trinajstić information content (AvgIpc) is 3.77. The number of unbranched alkanes of at least 4 members (excludes halogenated alkanes) is 1. The summed E-state index contributed by atoms with van der Waals surface area (Å²) in [4.78, 5) is 70.5. The zero-order valence-corrected chi connectivity index (χ0v) is 46.4. The van der Waals surface area contributed by atoms with E-state index in [0.717, 1.165) is 4.90 Å². The first-order chi connectivity index (χ1) is 38.7. The van der Waals surface area contributed by atoms with Gasteiger partial charge in [0.1, 0.15) is 0 Å². The first-order valence-corrected chi connectivity index (χ1v) is 27.3. The summed E-state index contributed by atoms with van der Waals surface area (Å²) < 4.78 is 87.0. The molecule has 5 amide bonds. The lowest BCUT2D eigenvalue weighted by molar-refractivity contribution is -0.139. The number of aliphatic carboxylic acids is 1. The molecule has 0 saturated heterocycles. The average molecular weight is 1140 g/mol. The van der Waals surface area contributed by atoms with E-state index in [2.05, 4.69) is 16.0 Å². The van der Waals surface area contributed by atoms with Crippen LogP contribution in [0.2, 0.25) is 0 Å². The van der Waals surface area contributed by atoms with Gasteiger partial charge in [0.05, 0.1) is 224 Å². The number of hydrogen-bond acceptors (Lipinski definition) is 23. The standard InChI is InChI=1S/C51H93N5O23/c52-45(51(63)55-11-16-67-20-24-71-27-25-69-22-18-65-14-8-50(61)62)3-1-2-9-53-47(58)7-13-64-17-21-68-26-29-72-31-33-74-35-37-76-39-41-78-43-44-79-42-40-77-38-36-75-34-32-73-30-28-70-23-19-66-15-10-54-46(57)6-12-56-48(59)4-5-49(56)60/h4-5,45H,1-3,6-44,52H2,(H,53,58)(H,54,57)(H,55,63)(H,61,62)/t45-/m0/s1. The first kappa shape index (κ1) is 73.1. The Bertz CT molecular complexity index is 1510. The Morgan fingerprint density at radius 3 is 1.00 bits per heavy atom. The van der Waals surface area contributed by atoms with Crippen molar-refractivity contribution in [3.8, 4) is 0 Å². The van der Waals surface area contributed by atoms with Crippen LogP contribution in [-0.4, -0.2) is 289 Å². The molecule has 0 aromatic carbocycles. The number of imide groups is 1. The second kappa shape index (κ2) is 57.3. The van der Waals surface area contributed by atoms with Gasteiger partial charge >= 0.3 is 5.97 Å². The van der Waals surface area contributed by atoms with Crippen molar-refractivity contribution in [3.05, 3.63) is 12.2 Å². The topological polar surface area (TPSA) is 336 Å². The molecule has 1 aliphatic rings. The fourth-order valence-corrected chi connectivity index (χ4v) is 6.14. The van der Waals surface area contributed by atoms with Gasteiger partial charge < -0.3 is 103 Å². The molecule has 79 heavy (non-hydrogen) atoms.